The SMILES string of the molecule is CC(=O)OCC1CCCN1Cc1cc([N+](=O)[O-])cc2[nH]c(=O)c(=O)[nH]c12. The molecule has 1 atom stereocenters. The summed E-state index contributed by atoms with van der Waals surface area (Å²) in [6.07, 6.45) is 1.75. The van der Waals surface area contributed by atoms with Gasteiger partial charge in [-0.1, -0.05) is 0 Å². The average Bonchev–Trinajstić information content (AvgIpc) is 3.01. The second-order valence-electron chi connectivity index (χ2n) is 6.26. The molecule has 1 unspecified atom stereocenters. The van der Waals surface area contributed by atoms with Crippen molar-refractivity contribution in [2.24, 2.45) is 0 Å². The van der Waals surface area contributed by atoms with Crippen LogP contribution in [0.2, 0.25) is 0 Å². The normalized spacial score (nSPS) is 17.5. The van der Waals surface area contributed by atoms with Crippen LogP contribution in [-0.4, -0.2) is 45.0 Å². The molecule has 0 bridgehead atoms. The predicted octanol–water partition coefficient (Wildman–Crippen LogP) is 0.652. The Bertz CT molecular complexity index is 979. The van der Waals surface area contributed by atoms with Gasteiger partial charge in [0, 0.05) is 31.6 Å². The molecule has 1 aliphatic heterocycles. The van der Waals surface area contributed by atoms with E-state index in [0.717, 1.165) is 19.4 Å². The van der Waals surface area contributed by atoms with Crippen molar-refractivity contribution >= 4 is 22.7 Å². The molecule has 1 aliphatic rings. The number of fused-ring (bicyclic) bond motifs is 1. The summed E-state index contributed by atoms with van der Waals surface area (Å²) >= 11 is 0. The highest BCUT2D eigenvalue weighted by atomic mass is 16.6. The molecule has 1 aromatic carbocycles. The quantitative estimate of drug-likeness (QED) is 0.345. The maximum Gasteiger partial charge on any atom is 0.314 e. The van der Waals surface area contributed by atoms with Gasteiger partial charge in [-0.25, -0.2) is 0 Å². The number of nitrogens with zero attached hydrogens (tertiary/aromatic N) is 2. The van der Waals surface area contributed by atoms with Gasteiger partial charge in [0.25, 0.3) is 5.69 Å². The molecule has 3 rings (SSSR count). The van der Waals surface area contributed by atoms with Crippen LogP contribution in [0.25, 0.3) is 11.0 Å². The highest BCUT2D eigenvalue weighted by molar-refractivity contribution is 5.80. The van der Waals surface area contributed by atoms with E-state index < -0.39 is 16.0 Å². The fourth-order valence-electron chi connectivity index (χ4n) is 3.24. The van der Waals surface area contributed by atoms with E-state index in [4.69, 9.17) is 4.74 Å². The number of ether oxygens (including phenoxy) is 1. The number of hydrogen-bond acceptors (Lipinski definition) is 7. The van der Waals surface area contributed by atoms with Crippen LogP contribution in [0.15, 0.2) is 21.7 Å². The van der Waals surface area contributed by atoms with Gasteiger partial charge in [-0.3, -0.25) is 29.4 Å². The summed E-state index contributed by atoms with van der Waals surface area (Å²) in [6, 6.07) is 2.61. The van der Waals surface area contributed by atoms with Gasteiger partial charge >= 0.3 is 17.1 Å². The molecule has 2 aromatic rings. The number of non-ortho nitro benzene ring substituents is 1. The Labute approximate surface area is 146 Å². The number of nitrogens with one attached hydrogen (secondary N) is 2. The number of hydrogen-bond donors (Lipinski definition) is 2. The van der Waals surface area contributed by atoms with E-state index in [9.17, 15) is 24.5 Å². The van der Waals surface area contributed by atoms with E-state index >= 15 is 0 Å². The third kappa shape index (κ3) is 3.64. The van der Waals surface area contributed by atoms with Crippen molar-refractivity contribution < 1.29 is 14.5 Å². The number of aromatic nitrogens is 2. The lowest BCUT2D eigenvalue weighted by Gasteiger charge is -2.24. The van der Waals surface area contributed by atoms with Crippen LogP contribution < -0.4 is 11.1 Å². The van der Waals surface area contributed by atoms with E-state index in [2.05, 4.69) is 9.97 Å². The smallest absolute Gasteiger partial charge is 0.314 e. The number of nitro benzene ring substituents is 1. The van der Waals surface area contributed by atoms with Crippen molar-refractivity contribution in [3.05, 3.63) is 48.5 Å². The molecule has 26 heavy (non-hydrogen) atoms. The Hall–Kier alpha value is -3.01. The summed E-state index contributed by atoms with van der Waals surface area (Å²) in [6.45, 7) is 2.65. The highest BCUT2D eigenvalue weighted by Crippen LogP contribution is 2.26. The number of carbonyl (C=O) groups excluding carboxylic acids is 1. The zero-order valence-electron chi connectivity index (χ0n) is 14.1. The van der Waals surface area contributed by atoms with Gasteiger partial charge in [0.05, 0.1) is 16.0 Å². The number of rotatable bonds is 5. The van der Waals surface area contributed by atoms with E-state index in [-0.39, 0.29) is 29.8 Å². The Morgan fingerprint density at radius 1 is 1.35 bits per heavy atom. The van der Waals surface area contributed by atoms with E-state index in [1.807, 2.05) is 4.90 Å². The zero-order valence-corrected chi connectivity index (χ0v) is 14.1. The van der Waals surface area contributed by atoms with E-state index in [1.54, 1.807) is 0 Å². The second kappa shape index (κ2) is 7.08. The Morgan fingerprint density at radius 3 is 2.77 bits per heavy atom. The topological polar surface area (TPSA) is 138 Å². The van der Waals surface area contributed by atoms with E-state index in [0.29, 0.717) is 17.6 Å². The maximum absolute atomic E-state index is 11.7. The van der Waals surface area contributed by atoms with Crippen LogP contribution in [-0.2, 0) is 16.1 Å². The van der Waals surface area contributed by atoms with Crippen molar-refractivity contribution in [2.75, 3.05) is 13.2 Å². The molecular formula is C16H18N4O6. The lowest BCUT2D eigenvalue weighted by atomic mass is 10.1. The minimum atomic E-state index is -0.863. The molecule has 0 radical (unpaired) electrons. The number of esters is 1. The molecule has 0 saturated carbocycles. The first-order valence-corrected chi connectivity index (χ1v) is 8.16. The lowest BCUT2D eigenvalue weighted by molar-refractivity contribution is -0.384. The fraction of sp³-hybridized carbons (Fsp3) is 0.438. The van der Waals surface area contributed by atoms with Gasteiger partial charge in [-0.2, -0.15) is 0 Å². The first kappa shape index (κ1) is 17.8. The van der Waals surface area contributed by atoms with Crippen molar-refractivity contribution in [2.45, 2.75) is 32.4 Å². The average molecular weight is 362 g/mol. The molecule has 2 heterocycles. The van der Waals surface area contributed by atoms with Crippen molar-refractivity contribution in [1.29, 1.82) is 0 Å². The standard InChI is InChI=1S/C16H18N4O6/c1-9(21)26-8-11-3-2-4-19(11)7-10-5-12(20(24)25)6-13-14(10)18-16(23)15(22)17-13/h5-6,11H,2-4,7-8H2,1H3,(H,17,22)(H,18,23). The Morgan fingerprint density at radius 2 is 2.08 bits per heavy atom. The van der Waals surface area contributed by atoms with Gasteiger partial charge in [0.2, 0.25) is 0 Å². The first-order chi connectivity index (χ1) is 12.3. The summed E-state index contributed by atoms with van der Waals surface area (Å²) in [7, 11) is 0. The monoisotopic (exact) mass is 362 g/mol. The molecule has 10 nitrogen and oxygen atoms in total. The third-order valence-electron chi connectivity index (χ3n) is 4.46. The number of H-pyrrole nitrogens is 2. The lowest BCUT2D eigenvalue weighted by Crippen LogP contribution is -2.34. The molecule has 10 heteroatoms. The molecule has 0 amide bonds. The van der Waals surface area contributed by atoms with Crippen molar-refractivity contribution in [3.63, 3.8) is 0 Å². The van der Waals surface area contributed by atoms with Crippen LogP contribution in [0.3, 0.4) is 0 Å². The molecule has 0 aliphatic carbocycles. The summed E-state index contributed by atoms with van der Waals surface area (Å²) in [5, 5.41) is 11.2. The number of benzene rings is 1. The molecule has 0 spiro atoms. The Kier molecular flexibility index (Phi) is 4.85. The molecule has 1 aromatic heterocycles. The van der Waals surface area contributed by atoms with Crippen LogP contribution in [0.5, 0.6) is 0 Å². The van der Waals surface area contributed by atoms with Gasteiger partial charge in [0.1, 0.15) is 6.61 Å². The first-order valence-electron chi connectivity index (χ1n) is 8.16. The molecule has 1 saturated heterocycles. The summed E-state index contributed by atoms with van der Waals surface area (Å²) < 4.78 is 5.08. The summed E-state index contributed by atoms with van der Waals surface area (Å²) in [5.74, 6) is -0.362. The van der Waals surface area contributed by atoms with Gasteiger partial charge < -0.3 is 14.7 Å². The molecule has 2 N–H and O–H groups in total. The minimum Gasteiger partial charge on any atom is -0.464 e. The van der Waals surface area contributed by atoms with Crippen molar-refractivity contribution in [3.8, 4) is 0 Å². The molecular weight excluding hydrogens is 344 g/mol. The number of aromatic amines is 2. The third-order valence-corrected chi connectivity index (χ3v) is 4.46. The predicted molar refractivity (Wildman–Crippen MR) is 91.9 cm³/mol. The number of likely N-dealkylation sites (tertiary alicyclic amines) is 1. The minimum absolute atomic E-state index is 0.00250. The molecule has 1 fully saturated rings. The van der Waals surface area contributed by atoms with Crippen LogP contribution in [0.4, 0.5) is 5.69 Å². The second-order valence-corrected chi connectivity index (χ2v) is 6.26. The van der Waals surface area contributed by atoms with Gasteiger partial charge in [-0.15, -0.1) is 0 Å². The zero-order chi connectivity index (χ0) is 18.8. The summed E-state index contributed by atoms with van der Waals surface area (Å²) in [4.78, 5) is 51.8. The largest absolute Gasteiger partial charge is 0.464 e. The van der Waals surface area contributed by atoms with E-state index in [1.165, 1.54) is 19.1 Å². The maximum atomic E-state index is 11.7. The van der Waals surface area contributed by atoms with Crippen LogP contribution in [0, 0.1) is 10.1 Å². The van der Waals surface area contributed by atoms with Gasteiger partial charge in [0.15, 0.2) is 0 Å². The van der Waals surface area contributed by atoms with Crippen LogP contribution >= 0.6 is 0 Å². The van der Waals surface area contributed by atoms with Gasteiger partial charge in [-0.05, 0) is 24.9 Å². The number of carbonyl (C=O) groups is 1. The molecule has 138 valence electrons. The summed E-state index contributed by atoms with van der Waals surface area (Å²) in [5.41, 5.74) is -0.764. The fourth-order valence-corrected chi connectivity index (χ4v) is 3.24. The highest BCUT2D eigenvalue weighted by Gasteiger charge is 2.27. The Balaban J connectivity index is 1.99. The van der Waals surface area contributed by atoms with Crippen molar-refractivity contribution in [1.82, 2.24) is 14.9 Å². The van der Waals surface area contributed by atoms with Crippen LogP contribution in [0.1, 0.15) is 25.3 Å². The number of nitro groups is 1.